The molecule has 0 aromatic heterocycles. The summed E-state index contributed by atoms with van der Waals surface area (Å²) < 4.78 is 10.3. The number of carbonyl (C=O) groups excluding carboxylic acids is 1. The zero-order valence-corrected chi connectivity index (χ0v) is 14.1. The van der Waals surface area contributed by atoms with Crippen LogP contribution in [0.2, 0.25) is 0 Å². The predicted octanol–water partition coefficient (Wildman–Crippen LogP) is 3.57. The van der Waals surface area contributed by atoms with Gasteiger partial charge < -0.3 is 14.8 Å². The van der Waals surface area contributed by atoms with Crippen LogP contribution in [-0.2, 0) is 9.47 Å². The quantitative estimate of drug-likeness (QED) is 0.341. The van der Waals surface area contributed by atoms with E-state index in [4.69, 9.17) is 9.47 Å². The Kier molecular flexibility index (Phi) is 6.47. The average molecular weight is 344 g/mol. The van der Waals surface area contributed by atoms with E-state index >= 15 is 0 Å². The van der Waals surface area contributed by atoms with E-state index in [9.17, 15) is 14.9 Å². The van der Waals surface area contributed by atoms with Gasteiger partial charge in [0.15, 0.2) is 0 Å². The molecule has 0 aliphatic heterocycles. The monoisotopic (exact) mass is 344 g/mol. The van der Waals surface area contributed by atoms with Crippen molar-refractivity contribution in [1.29, 1.82) is 0 Å². The van der Waals surface area contributed by atoms with Crippen LogP contribution in [-0.4, -0.2) is 31.2 Å². The molecule has 1 atom stereocenters. The maximum absolute atomic E-state index is 12.3. The van der Waals surface area contributed by atoms with E-state index in [0.717, 1.165) is 5.56 Å². The van der Waals surface area contributed by atoms with Crippen LogP contribution in [0.15, 0.2) is 48.5 Å². The number of carbonyl (C=O) groups is 1. The summed E-state index contributed by atoms with van der Waals surface area (Å²) in [5.74, 6) is -0.608. The molecule has 7 heteroatoms. The van der Waals surface area contributed by atoms with Crippen LogP contribution in [0.3, 0.4) is 0 Å². The molecule has 0 unspecified atom stereocenters. The second-order valence-corrected chi connectivity index (χ2v) is 5.37. The second-order valence-electron chi connectivity index (χ2n) is 5.37. The molecule has 132 valence electrons. The lowest BCUT2D eigenvalue weighted by molar-refractivity contribution is -0.384. The normalized spacial score (nSPS) is 11.6. The number of ether oxygens (including phenoxy) is 2. The van der Waals surface area contributed by atoms with Crippen LogP contribution in [0.5, 0.6) is 0 Å². The van der Waals surface area contributed by atoms with E-state index in [-0.39, 0.29) is 11.3 Å². The number of rotatable bonds is 8. The van der Waals surface area contributed by atoms with E-state index in [1.54, 1.807) is 14.0 Å². The van der Waals surface area contributed by atoms with E-state index in [2.05, 4.69) is 5.32 Å². The molecule has 0 radical (unpaired) electrons. The van der Waals surface area contributed by atoms with Gasteiger partial charge in [0.1, 0.15) is 11.8 Å². The zero-order chi connectivity index (χ0) is 18.2. The van der Waals surface area contributed by atoms with Crippen LogP contribution in [0, 0.1) is 10.1 Å². The summed E-state index contributed by atoms with van der Waals surface area (Å²) in [5.41, 5.74) is 1.13. The molecule has 25 heavy (non-hydrogen) atoms. The molecule has 2 rings (SSSR count). The van der Waals surface area contributed by atoms with Gasteiger partial charge in [-0.05, 0) is 24.6 Å². The Labute approximate surface area is 145 Å². The Bertz CT molecular complexity index is 734. The number of methoxy groups -OCH3 is 1. The Morgan fingerprint density at radius 3 is 2.60 bits per heavy atom. The Morgan fingerprint density at radius 2 is 1.96 bits per heavy atom. The Morgan fingerprint density at radius 1 is 1.24 bits per heavy atom. The number of benzene rings is 2. The van der Waals surface area contributed by atoms with Crippen LogP contribution < -0.4 is 5.32 Å². The largest absolute Gasteiger partial charge is 0.454 e. The number of hydrogen-bond donors (Lipinski definition) is 1. The summed E-state index contributed by atoms with van der Waals surface area (Å²) >= 11 is 0. The summed E-state index contributed by atoms with van der Waals surface area (Å²) in [6.45, 7) is 2.59. The zero-order valence-electron chi connectivity index (χ0n) is 14.1. The van der Waals surface area contributed by atoms with E-state index in [1.807, 2.05) is 30.3 Å². The van der Waals surface area contributed by atoms with Crippen molar-refractivity contribution in [3.63, 3.8) is 0 Å². The van der Waals surface area contributed by atoms with Crippen molar-refractivity contribution in [2.75, 3.05) is 25.6 Å². The van der Waals surface area contributed by atoms with Crippen molar-refractivity contribution < 1.29 is 19.2 Å². The maximum Gasteiger partial charge on any atom is 0.338 e. The minimum Gasteiger partial charge on any atom is -0.454 e. The average Bonchev–Trinajstić information content (AvgIpc) is 2.62. The minimum atomic E-state index is -0.608. The molecule has 1 N–H and O–H groups in total. The van der Waals surface area contributed by atoms with Gasteiger partial charge in [-0.2, -0.15) is 0 Å². The number of anilines is 1. The number of nitrogens with one attached hydrogen (secondary N) is 1. The smallest absolute Gasteiger partial charge is 0.338 e. The van der Waals surface area contributed by atoms with E-state index < -0.39 is 17.0 Å². The first-order valence-corrected chi connectivity index (χ1v) is 7.80. The highest BCUT2D eigenvalue weighted by atomic mass is 16.6. The van der Waals surface area contributed by atoms with Gasteiger partial charge in [0.25, 0.3) is 5.69 Å². The molecule has 0 aliphatic carbocycles. The van der Waals surface area contributed by atoms with Crippen LogP contribution in [0.25, 0.3) is 0 Å². The molecule has 0 saturated heterocycles. The lowest BCUT2D eigenvalue weighted by Gasteiger charge is -2.14. The van der Waals surface area contributed by atoms with Gasteiger partial charge in [-0.3, -0.25) is 10.1 Å². The van der Waals surface area contributed by atoms with Gasteiger partial charge in [0.2, 0.25) is 0 Å². The summed E-state index contributed by atoms with van der Waals surface area (Å²) in [4.78, 5) is 23.0. The highest BCUT2D eigenvalue weighted by Crippen LogP contribution is 2.27. The highest BCUT2D eigenvalue weighted by molar-refractivity contribution is 5.91. The molecule has 0 amide bonds. The lowest BCUT2D eigenvalue weighted by Crippen LogP contribution is -2.12. The fourth-order valence-electron chi connectivity index (χ4n) is 2.27. The lowest BCUT2D eigenvalue weighted by atomic mass is 10.1. The van der Waals surface area contributed by atoms with Crippen LogP contribution in [0.1, 0.15) is 28.9 Å². The summed E-state index contributed by atoms with van der Waals surface area (Å²) in [7, 11) is 1.54. The highest BCUT2D eigenvalue weighted by Gasteiger charge is 2.20. The van der Waals surface area contributed by atoms with Gasteiger partial charge >= 0.3 is 5.97 Å². The molecular formula is C18H20N2O5. The third-order valence-electron chi connectivity index (χ3n) is 3.60. The molecule has 0 fully saturated rings. The molecule has 0 spiro atoms. The standard InChI is InChI=1S/C18H20N2O5/c1-13(14-6-4-3-5-7-14)25-18(21)15-8-9-16(19-10-11-24-2)17(12-15)20(22)23/h3-9,12-13,19H,10-11H2,1-2H3/t13-/m0/s1. The van der Waals surface area contributed by atoms with Crippen molar-refractivity contribution >= 4 is 17.3 Å². The van der Waals surface area contributed by atoms with Gasteiger partial charge in [-0.15, -0.1) is 0 Å². The van der Waals surface area contributed by atoms with Gasteiger partial charge in [-0.1, -0.05) is 30.3 Å². The van der Waals surface area contributed by atoms with Crippen LogP contribution in [0.4, 0.5) is 11.4 Å². The molecule has 2 aromatic carbocycles. The first-order chi connectivity index (χ1) is 12.0. The third-order valence-corrected chi connectivity index (χ3v) is 3.60. The van der Waals surface area contributed by atoms with Gasteiger partial charge in [0, 0.05) is 19.7 Å². The summed E-state index contributed by atoms with van der Waals surface area (Å²) in [6.07, 6.45) is -0.452. The molecule has 0 heterocycles. The summed E-state index contributed by atoms with van der Waals surface area (Å²) in [6, 6.07) is 13.5. The molecular weight excluding hydrogens is 324 g/mol. The summed E-state index contributed by atoms with van der Waals surface area (Å²) in [5, 5.41) is 14.2. The first kappa shape index (κ1) is 18.4. The van der Waals surface area contributed by atoms with Crippen molar-refractivity contribution in [1.82, 2.24) is 0 Å². The first-order valence-electron chi connectivity index (χ1n) is 7.80. The topological polar surface area (TPSA) is 90.7 Å². The van der Waals surface area contributed by atoms with Crippen molar-refractivity contribution in [2.45, 2.75) is 13.0 Å². The van der Waals surface area contributed by atoms with Gasteiger partial charge in [0.05, 0.1) is 17.1 Å². The molecule has 0 saturated carbocycles. The second kappa shape index (κ2) is 8.79. The fourth-order valence-corrected chi connectivity index (χ4v) is 2.27. The maximum atomic E-state index is 12.3. The number of nitrogens with zero attached hydrogens (tertiary/aromatic N) is 1. The van der Waals surface area contributed by atoms with E-state index in [1.165, 1.54) is 18.2 Å². The molecule has 2 aromatic rings. The number of nitro benzene ring substituents is 1. The fraction of sp³-hybridized carbons (Fsp3) is 0.278. The number of hydrogen-bond acceptors (Lipinski definition) is 6. The van der Waals surface area contributed by atoms with Gasteiger partial charge in [-0.25, -0.2) is 4.79 Å². The minimum absolute atomic E-state index is 0.131. The Hall–Kier alpha value is -2.93. The SMILES string of the molecule is COCCNc1ccc(C(=O)O[C@@H](C)c2ccccc2)cc1[N+](=O)[O-]. The van der Waals surface area contributed by atoms with Crippen LogP contribution >= 0.6 is 0 Å². The molecule has 7 nitrogen and oxygen atoms in total. The molecule has 0 aliphatic rings. The van der Waals surface area contributed by atoms with E-state index in [0.29, 0.717) is 18.8 Å². The predicted molar refractivity (Wildman–Crippen MR) is 93.7 cm³/mol. The van der Waals surface area contributed by atoms with Crippen molar-refractivity contribution in [2.24, 2.45) is 0 Å². The number of nitro groups is 1. The van der Waals surface area contributed by atoms with Crippen molar-refractivity contribution in [3.8, 4) is 0 Å². The number of esters is 1. The van der Waals surface area contributed by atoms with Crippen molar-refractivity contribution in [3.05, 3.63) is 69.8 Å². The molecule has 0 bridgehead atoms. The third kappa shape index (κ3) is 5.02. The Balaban J connectivity index is 2.14.